The Kier molecular flexibility index (Phi) is 7.75. The highest BCUT2D eigenvalue weighted by atomic mass is 79.9. The highest BCUT2D eigenvalue weighted by Crippen LogP contribution is 2.36. The maximum atomic E-state index is 12.0. The Morgan fingerprint density at radius 2 is 1.85 bits per heavy atom. The van der Waals surface area contributed by atoms with Gasteiger partial charge in [-0.05, 0) is 58.7 Å². The normalized spacial score (nSPS) is 10.3. The summed E-state index contributed by atoms with van der Waals surface area (Å²) in [6.45, 7) is 2.06. The lowest BCUT2D eigenvalue weighted by molar-refractivity contribution is -0.118. The number of amides is 1. The van der Waals surface area contributed by atoms with E-state index >= 15 is 0 Å². The second-order valence-corrected chi connectivity index (χ2v) is 6.95. The Morgan fingerprint density at radius 3 is 2.46 bits per heavy atom. The van der Waals surface area contributed by atoms with Crippen molar-refractivity contribution in [1.82, 2.24) is 0 Å². The Labute approximate surface area is 169 Å². The van der Waals surface area contributed by atoms with E-state index in [1.54, 1.807) is 30.3 Å². The van der Waals surface area contributed by atoms with Gasteiger partial charge in [0.25, 0.3) is 5.91 Å². The predicted octanol–water partition coefficient (Wildman–Crippen LogP) is 5.34. The first-order valence-corrected chi connectivity index (χ1v) is 9.30. The number of carbonyl (C=O) groups is 2. The van der Waals surface area contributed by atoms with Crippen molar-refractivity contribution in [3.8, 4) is 5.75 Å². The first kappa shape index (κ1) is 20.6. The van der Waals surface area contributed by atoms with Crippen molar-refractivity contribution >= 4 is 56.7 Å². The van der Waals surface area contributed by atoms with Crippen molar-refractivity contribution < 1.29 is 19.1 Å². The van der Waals surface area contributed by atoms with Gasteiger partial charge in [0.15, 0.2) is 12.4 Å². The number of esters is 1. The molecule has 0 bridgehead atoms. The van der Waals surface area contributed by atoms with Crippen molar-refractivity contribution in [3.05, 3.63) is 56.5 Å². The molecule has 8 heteroatoms. The maximum Gasteiger partial charge on any atom is 0.338 e. The third-order valence-corrected chi connectivity index (χ3v) is 4.24. The molecule has 0 unspecified atom stereocenters. The Balaban J connectivity index is 1.91. The highest BCUT2D eigenvalue weighted by Gasteiger charge is 2.12. The van der Waals surface area contributed by atoms with Gasteiger partial charge in [-0.1, -0.05) is 30.1 Å². The summed E-state index contributed by atoms with van der Waals surface area (Å²) >= 11 is 15.2. The summed E-state index contributed by atoms with van der Waals surface area (Å²) in [6, 6.07) is 9.55. The van der Waals surface area contributed by atoms with E-state index in [0.29, 0.717) is 38.1 Å². The summed E-state index contributed by atoms with van der Waals surface area (Å²) in [6.07, 6.45) is 0.758. The molecule has 1 N–H and O–H groups in total. The van der Waals surface area contributed by atoms with E-state index in [1.165, 1.54) is 6.07 Å². The molecule has 5 nitrogen and oxygen atoms in total. The Morgan fingerprint density at radius 1 is 1.15 bits per heavy atom. The molecule has 0 fully saturated rings. The monoisotopic (exact) mass is 459 g/mol. The highest BCUT2D eigenvalue weighted by molar-refractivity contribution is 9.10. The number of rotatable bonds is 7. The van der Waals surface area contributed by atoms with Gasteiger partial charge in [-0.3, -0.25) is 4.79 Å². The van der Waals surface area contributed by atoms with Gasteiger partial charge in [-0.15, -0.1) is 0 Å². The lowest BCUT2D eigenvalue weighted by Crippen LogP contribution is -2.20. The van der Waals surface area contributed by atoms with Crippen LogP contribution in [0.15, 0.2) is 40.9 Å². The minimum atomic E-state index is -0.393. The zero-order valence-corrected chi connectivity index (χ0v) is 17.0. The molecule has 0 saturated carbocycles. The Hall–Kier alpha value is -1.76. The maximum absolute atomic E-state index is 12.0. The Bertz CT molecular complexity index is 773. The average Bonchev–Trinajstić information content (AvgIpc) is 2.59. The van der Waals surface area contributed by atoms with Crippen molar-refractivity contribution in [2.45, 2.75) is 13.3 Å². The summed E-state index contributed by atoms with van der Waals surface area (Å²) in [5.74, 6) is -0.431. The molecule has 0 aliphatic heterocycles. The van der Waals surface area contributed by atoms with Crippen LogP contribution in [0.25, 0.3) is 0 Å². The van der Waals surface area contributed by atoms with Crippen LogP contribution in [0.4, 0.5) is 5.69 Å². The number of ether oxygens (including phenoxy) is 2. The quantitative estimate of drug-likeness (QED) is 0.566. The first-order chi connectivity index (χ1) is 12.4. The van der Waals surface area contributed by atoms with E-state index in [1.807, 2.05) is 6.92 Å². The molecule has 138 valence electrons. The van der Waals surface area contributed by atoms with Gasteiger partial charge in [0.05, 0.1) is 21.7 Å². The molecule has 0 radical (unpaired) electrons. The molecule has 0 atom stereocenters. The topological polar surface area (TPSA) is 64.6 Å². The van der Waals surface area contributed by atoms with Crippen molar-refractivity contribution in [2.24, 2.45) is 0 Å². The summed E-state index contributed by atoms with van der Waals surface area (Å²) in [5, 5.41) is 3.42. The third kappa shape index (κ3) is 5.90. The molecule has 0 heterocycles. The van der Waals surface area contributed by atoms with Crippen LogP contribution in [0.1, 0.15) is 23.7 Å². The lowest BCUT2D eigenvalue weighted by atomic mass is 10.2. The van der Waals surface area contributed by atoms with Crippen LogP contribution in [0, 0.1) is 0 Å². The zero-order chi connectivity index (χ0) is 19.1. The molecule has 0 aliphatic carbocycles. The summed E-state index contributed by atoms with van der Waals surface area (Å²) in [4.78, 5) is 23.8. The van der Waals surface area contributed by atoms with Crippen LogP contribution < -0.4 is 10.1 Å². The van der Waals surface area contributed by atoms with Crippen molar-refractivity contribution in [3.63, 3.8) is 0 Å². The van der Waals surface area contributed by atoms with Crippen LogP contribution in [0.3, 0.4) is 0 Å². The lowest BCUT2D eigenvalue weighted by Gasteiger charge is -2.11. The van der Waals surface area contributed by atoms with Gasteiger partial charge in [-0.2, -0.15) is 0 Å². The van der Waals surface area contributed by atoms with E-state index in [-0.39, 0.29) is 12.5 Å². The number of anilines is 1. The number of nitrogens with one attached hydrogen (secondary N) is 1. The first-order valence-electron chi connectivity index (χ1n) is 7.75. The van der Waals surface area contributed by atoms with Gasteiger partial charge in [0.1, 0.15) is 0 Å². The van der Waals surface area contributed by atoms with Gasteiger partial charge < -0.3 is 14.8 Å². The standard InChI is InChI=1S/C18H16BrCl2NO4/c1-2-7-25-18(24)11-3-5-13(6-4-11)22-16(23)10-26-17-14(19)8-12(20)9-15(17)21/h3-6,8-9H,2,7,10H2,1H3,(H,22,23). The SMILES string of the molecule is CCCOC(=O)c1ccc(NC(=O)COc2c(Cl)cc(Cl)cc2Br)cc1. The zero-order valence-electron chi connectivity index (χ0n) is 13.9. The van der Waals surface area contributed by atoms with Crippen LogP contribution >= 0.6 is 39.1 Å². The van der Waals surface area contributed by atoms with E-state index < -0.39 is 5.97 Å². The molecule has 26 heavy (non-hydrogen) atoms. The smallest absolute Gasteiger partial charge is 0.338 e. The largest absolute Gasteiger partial charge is 0.481 e. The summed E-state index contributed by atoms with van der Waals surface area (Å²) < 4.78 is 11.0. The number of carbonyl (C=O) groups excluding carboxylic acids is 2. The van der Waals surface area contributed by atoms with Gasteiger partial charge in [0.2, 0.25) is 0 Å². The van der Waals surface area contributed by atoms with E-state index in [4.69, 9.17) is 32.7 Å². The molecule has 2 rings (SSSR count). The molecule has 0 aliphatic rings. The average molecular weight is 461 g/mol. The molecule has 1 amide bonds. The van der Waals surface area contributed by atoms with E-state index in [2.05, 4.69) is 21.2 Å². The number of hydrogen-bond acceptors (Lipinski definition) is 4. The molecule has 0 aromatic heterocycles. The minimum absolute atomic E-state index is 0.236. The molecular formula is C18H16BrCl2NO4. The third-order valence-electron chi connectivity index (χ3n) is 3.15. The molecule has 0 spiro atoms. The van der Waals surface area contributed by atoms with Crippen LogP contribution in [-0.2, 0) is 9.53 Å². The van der Waals surface area contributed by atoms with Crippen LogP contribution in [-0.4, -0.2) is 25.1 Å². The van der Waals surface area contributed by atoms with Gasteiger partial charge in [-0.25, -0.2) is 4.79 Å². The van der Waals surface area contributed by atoms with Crippen molar-refractivity contribution in [1.29, 1.82) is 0 Å². The second kappa shape index (κ2) is 9.80. The fourth-order valence-electron chi connectivity index (χ4n) is 1.97. The number of hydrogen-bond donors (Lipinski definition) is 1. The summed E-state index contributed by atoms with van der Waals surface area (Å²) in [5.41, 5.74) is 0.955. The van der Waals surface area contributed by atoms with Crippen LogP contribution in [0.2, 0.25) is 10.0 Å². The number of halogens is 3. The fraction of sp³-hybridized carbons (Fsp3) is 0.222. The molecular weight excluding hydrogens is 445 g/mol. The summed E-state index contributed by atoms with van der Waals surface area (Å²) in [7, 11) is 0. The van der Waals surface area contributed by atoms with Crippen LogP contribution in [0.5, 0.6) is 5.75 Å². The molecule has 0 saturated heterocycles. The van der Waals surface area contributed by atoms with Gasteiger partial charge in [0, 0.05) is 10.7 Å². The molecule has 2 aromatic carbocycles. The van der Waals surface area contributed by atoms with E-state index in [0.717, 1.165) is 6.42 Å². The fourth-order valence-corrected chi connectivity index (χ4v) is 3.34. The van der Waals surface area contributed by atoms with Crippen molar-refractivity contribution in [2.75, 3.05) is 18.5 Å². The molecule has 2 aromatic rings. The predicted molar refractivity (Wildman–Crippen MR) is 105 cm³/mol. The second-order valence-electron chi connectivity index (χ2n) is 5.25. The van der Waals surface area contributed by atoms with E-state index in [9.17, 15) is 9.59 Å². The minimum Gasteiger partial charge on any atom is -0.481 e. The number of benzene rings is 2. The van der Waals surface area contributed by atoms with Gasteiger partial charge >= 0.3 is 5.97 Å².